The summed E-state index contributed by atoms with van der Waals surface area (Å²) in [6.07, 6.45) is 7.01. The first kappa shape index (κ1) is 17.9. The van der Waals surface area contributed by atoms with E-state index in [-0.39, 0.29) is 18.2 Å². The number of carbonyl (C=O) groups excluding carboxylic acids is 2. The Labute approximate surface area is 152 Å². The van der Waals surface area contributed by atoms with Crippen molar-refractivity contribution in [2.24, 2.45) is 0 Å². The molecule has 8 heteroatoms. The van der Waals surface area contributed by atoms with Gasteiger partial charge < -0.3 is 15.0 Å². The summed E-state index contributed by atoms with van der Waals surface area (Å²) in [6.45, 7) is 1.18. The summed E-state index contributed by atoms with van der Waals surface area (Å²) < 4.78 is 7.07. The van der Waals surface area contributed by atoms with E-state index in [1.165, 1.54) is 0 Å². The number of aromatic nitrogens is 3. The summed E-state index contributed by atoms with van der Waals surface area (Å²) in [5.41, 5.74) is 1.39. The largest absolute Gasteiger partial charge is 0.495 e. The quantitative estimate of drug-likeness (QED) is 0.854. The lowest BCUT2D eigenvalue weighted by atomic mass is 10.2. The maximum absolute atomic E-state index is 12.4. The first-order chi connectivity index (χ1) is 12.7. The van der Waals surface area contributed by atoms with Gasteiger partial charge in [-0.2, -0.15) is 0 Å². The fourth-order valence-corrected chi connectivity index (χ4v) is 3.01. The Balaban J connectivity index is 1.64. The lowest BCUT2D eigenvalue weighted by Gasteiger charge is -2.20. The van der Waals surface area contributed by atoms with Crippen molar-refractivity contribution >= 4 is 17.5 Å². The molecule has 8 nitrogen and oxygen atoms in total. The van der Waals surface area contributed by atoms with Crippen molar-refractivity contribution in [1.29, 1.82) is 0 Å². The summed E-state index contributed by atoms with van der Waals surface area (Å²) in [7, 11) is 1.55. The van der Waals surface area contributed by atoms with Crippen LogP contribution >= 0.6 is 0 Å². The lowest BCUT2D eigenvalue weighted by Crippen LogP contribution is -2.33. The van der Waals surface area contributed by atoms with Crippen LogP contribution < -0.4 is 10.1 Å². The number of anilines is 1. The third-order valence-corrected chi connectivity index (χ3v) is 4.45. The van der Waals surface area contributed by atoms with E-state index in [0.717, 1.165) is 31.5 Å². The zero-order valence-corrected chi connectivity index (χ0v) is 14.9. The first-order valence-corrected chi connectivity index (χ1v) is 8.78. The fraction of sp³-hybridized carbons (Fsp3) is 0.444. The molecule has 1 fully saturated rings. The minimum Gasteiger partial charge on any atom is -0.495 e. The van der Waals surface area contributed by atoms with Crippen LogP contribution in [0.5, 0.6) is 5.75 Å². The Kier molecular flexibility index (Phi) is 5.83. The van der Waals surface area contributed by atoms with Crippen molar-refractivity contribution in [2.45, 2.75) is 32.1 Å². The number of hydrogen-bond donors (Lipinski definition) is 1. The van der Waals surface area contributed by atoms with Gasteiger partial charge in [0.2, 0.25) is 11.8 Å². The van der Waals surface area contributed by atoms with Gasteiger partial charge in [-0.1, -0.05) is 6.42 Å². The molecular formula is C18H23N5O3. The maximum atomic E-state index is 12.4. The summed E-state index contributed by atoms with van der Waals surface area (Å²) in [5, 5.41) is 10.4. The van der Waals surface area contributed by atoms with Gasteiger partial charge in [0.1, 0.15) is 18.4 Å². The van der Waals surface area contributed by atoms with Crippen LogP contribution in [0.2, 0.25) is 0 Å². The third kappa shape index (κ3) is 4.38. The highest BCUT2D eigenvalue weighted by atomic mass is 16.5. The standard InChI is InChI=1S/C18H23N5O3/c1-26-16-7-6-14(23-12-19-20-13-23)11-15(16)21-17(24)8-10-22-9-4-2-3-5-18(22)25/h6-7,11-13H,2-5,8-10H2,1H3,(H,21,24). The van der Waals surface area contributed by atoms with Crippen LogP contribution in [0.3, 0.4) is 0 Å². The number of benzene rings is 1. The number of likely N-dealkylation sites (tertiary alicyclic amines) is 1. The second-order valence-electron chi connectivity index (χ2n) is 6.24. The van der Waals surface area contributed by atoms with Crippen molar-refractivity contribution in [3.8, 4) is 11.4 Å². The minimum atomic E-state index is -0.152. The number of hydrogen-bond acceptors (Lipinski definition) is 5. The molecule has 1 aromatic heterocycles. The van der Waals surface area contributed by atoms with Crippen LogP contribution in [-0.2, 0) is 9.59 Å². The molecule has 0 bridgehead atoms. The molecule has 0 unspecified atom stereocenters. The van der Waals surface area contributed by atoms with E-state index in [2.05, 4.69) is 15.5 Å². The van der Waals surface area contributed by atoms with Gasteiger partial charge in [0.25, 0.3) is 0 Å². The average molecular weight is 357 g/mol. The molecule has 0 spiro atoms. The van der Waals surface area contributed by atoms with Gasteiger partial charge in [0.15, 0.2) is 0 Å². The van der Waals surface area contributed by atoms with Crippen LogP contribution in [0.1, 0.15) is 32.1 Å². The molecule has 1 saturated heterocycles. The average Bonchev–Trinajstić information content (AvgIpc) is 3.10. The van der Waals surface area contributed by atoms with Crippen molar-refractivity contribution in [1.82, 2.24) is 19.7 Å². The predicted octanol–water partition coefficient (Wildman–Crippen LogP) is 2.01. The zero-order valence-electron chi connectivity index (χ0n) is 14.9. The maximum Gasteiger partial charge on any atom is 0.226 e. The molecule has 26 heavy (non-hydrogen) atoms. The Morgan fingerprint density at radius 2 is 2.04 bits per heavy atom. The highest BCUT2D eigenvalue weighted by molar-refractivity contribution is 5.93. The molecular weight excluding hydrogens is 334 g/mol. The Bertz CT molecular complexity index is 760. The Morgan fingerprint density at radius 1 is 1.23 bits per heavy atom. The highest BCUT2D eigenvalue weighted by Crippen LogP contribution is 2.27. The number of ether oxygens (including phenoxy) is 1. The number of amides is 2. The van der Waals surface area contributed by atoms with Crippen molar-refractivity contribution in [3.63, 3.8) is 0 Å². The normalized spacial score (nSPS) is 14.8. The summed E-state index contributed by atoms with van der Waals surface area (Å²) >= 11 is 0. The molecule has 1 N–H and O–H groups in total. The number of nitrogens with zero attached hydrogens (tertiary/aromatic N) is 4. The second-order valence-corrected chi connectivity index (χ2v) is 6.24. The van der Waals surface area contributed by atoms with E-state index in [1.54, 1.807) is 41.4 Å². The van der Waals surface area contributed by atoms with E-state index >= 15 is 0 Å². The summed E-state index contributed by atoms with van der Waals surface area (Å²) in [5.74, 6) is 0.560. The zero-order chi connectivity index (χ0) is 18.4. The smallest absolute Gasteiger partial charge is 0.226 e. The molecule has 2 amide bonds. The van der Waals surface area contributed by atoms with Crippen LogP contribution in [0.4, 0.5) is 5.69 Å². The van der Waals surface area contributed by atoms with E-state index in [4.69, 9.17) is 4.74 Å². The molecule has 3 rings (SSSR count). The van der Waals surface area contributed by atoms with Gasteiger partial charge in [0.05, 0.1) is 18.5 Å². The molecule has 0 atom stereocenters. The molecule has 0 aliphatic carbocycles. The number of methoxy groups -OCH3 is 1. The Morgan fingerprint density at radius 3 is 2.81 bits per heavy atom. The van der Waals surface area contributed by atoms with Gasteiger partial charge in [-0.05, 0) is 31.0 Å². The Hall–Kier alpha value is -2.90. The minimum absolute atomic E-state index is 0.141. The van der Waals surface area contributed by atoms with Gasteiger partial charge >= 0.3 is 0 Å². The van der Waals surface area contributed by atoms with E-state index in [1.807, 2.05) is 6.07 Å². The molecule has 138 valence electrons. The molecule has 0 saturated carbocycles. The number of carbonyl (C=O) groups is 2. The van der Waals surface area contributed by atoms with Crippen molar-refractivity contribution in [2.75, 3.05) is 25.5 Å². The van der Waals surface area contributed by atoms with Crippen molar-refractivity contribution < 1.29 is 14.3 Å². The SMILES string of the molecule is COc1ccc(-n2cnnc2)cc1NC(=O)CCN1CCCCCC1=O. The van der Waals surface area contributed by atoms with Gasteiger partial charge in [0, 0.05) is 25.9 Å². The highest BCUT2D eigenvalue weighted by Gasteiger charge is 2.18. The van der Waals surface area contributed by atoms with Crippen LogP contribution in [-0.4, -0.2) is 51.7 Å². The first-order valence-electron chi connectivity index (χ1n) is 8.78. The third-order valence-electron chi connectivity index (χ3n) is 4.45. The van der Waals surface area contributed by atoms with E-state index in [0.29, 0.717) is 24.4 Å². The van der Waals surface area contributed by atoms with Crippen LogP contribution in [0.25, 0.3) is 5.69 Å². The fourth-order valence-electron chi connectivity index (χ4n) is 3.01. The van der Waals surface area contributed by atoms with Crippen LogP contribution in [0, 0.1) is 0 Å². The van der Waals surface area contributed by atoms with Crippen LogP contribution in [0.15, 0.2) is 30.9 Å². The monoisotopic (exact) mass is 357 g/mol. The molecule has 0 radical (unpaired) electrons. The number of nitrogens with one attached hydrogen (secondary N) is 1. The molecule has 2 aromatic rings. The second kappa shape index (κ2) is 8.46. The van der Waals surface area contributed by atoms with Crippen molar-refractivity contribution in [3.05, 3.63) is 30.9 Å². The van der Waals surface area contributed by atoms with E-state index in [9.17, 15) is 9.59 Å². The van der Waals surface area contributed by atoms with Gasteiger partial charge in [-0.3, -0.25) is 14.2 Å². The molecule has 2 heterocycles. The van der Waals surface area contributed by atoms with Gasteiger partial charge in [-0.25, -0.2) is 0 Å². The molecule has 1 aliphatic heterocycles. The van der Waals surface area contributed by atoms with E-state index < -0.39 is 0 Å². The predicted molar refractivity (Wildman–Crippen MR) is 96.2 cm³/mol. The number of rotatable bonds is 6. The lowest BCUT2D eigenvalue weighted by molar-refractivity contribution is -0.131. The summed E-state index contributed by atoms with van der Waals surface area (Å²) in [4.78, 5) is 26.2. The van der Waals surface area contributed by atoms with Gasteiger partial charge in [-0.15, -0.1) is 10.2 Å². The molecule has 1 aliphatic rings. The topological polar surface area (TPSA) is 89.3 Å². The summed E-state index contributed by atoms with van der Waals surface area (Å²) in [6, 6.07) is 5.44. The molecule has 1 aromatic carbocycles.